The lowest BCUT2D eigenvalue weighted by Crippen LogP contribution is -2.37. The fourth-order valence-corrected chi connectivity index (χ4v) is 3.00. The predicted octanol–water partition coefficient (Wildman–Crippen LogP) is 2.89. The minimum atomic E-state index is -0.624. The third kappa shape index (κ3) is 3.43. The van der Waals surface area contributed by atoms with Crippen LogP contribution in [0.2, 0.25) is 5.02 Å². The first-order valence-corrected chi connectivity index (χ1v) is 7.95. The number of amides is 1. The van der Waals surface area contributed by atoms with E-state index in [0.29, 0.717) is 11.6 Å². The van der Waals surface area contributed by atoms with Crippen LogP contribution in [0.3, 0.4) is 0 Å². The Morgan fingerprint density at radius 3 is 3.04 bits per heavy atom. The van der Waals surface area contributed by atoms with Crippen molar-refractivity contribution in [3.8, 4) is 5.75 Å². The number of aromatic nitrogens is 1. The number of rotatable bonds is 4. The van der Waals surface area contributed by atoms with Gasteiger partial charge in [0.25, 0.3) is 5.91 Å². The van der Waals surface area contributed by atoms with Crippen molar-refractivity contribution in [1.82, 2.24) is 10.3 Å². The number of anilines is 1. The Labute approximate surface area is 144 Å². The Morgan fingerprint density at radius 1 is 1.46 bits per heavy atom. The predicted molar refractivity (Wildman–Crippen MR) is 90.3 cm³/mol. The highest BCUT2D eigenvalue weighted by Gasteiger charge is 2.27. The summed E-state index contributed by atoms with van der Waals surface area (Å²) in [4.78, 5) is 17.9. The van der Waals surface area contributed by atoms with Gasteiger partial charge in [0.2, 0.25) is 0 Å². The highest BCUT2D eigenvalue weighted by atomic mass is 35.5. The molecule has 1 saturated heterocycles. The molecular formula is C17H17ClFN3O2. The SMILES string of the molecule is COc1ccc(Cl)cc1N1CC[C@H](NC(=O)c2ccncc2F)C1. The number of nitrogens with one attached hydrogen (secondary N) is 1. The van der Waals surface area contributed by atoms with Gasteiger partial charge in [0.15, 0.2) is 5.82 Å². The highest BCUT2D eigenvalue weighted by molar-refractivity contribution is 6.30. The zero-order chi connectivity index (χ0) is 17.1. The second-order valence-corrected chi connectivity index (χ2v) is 6.01. The number of carbonyl (C=O) groups is 1. The number of pyridine rings is 1. The summed E-state index contributed by atoms with van der Waals surface area (Å²) in [7, 11) is 1.61. The molecule has 1 aliphatic heterocycles. The highest BCUT2D eigenvalue weighted by Crippen LogP contribution is 2.33. The second-order valence-electron chi connectivity index (χ2n) is 5.58. The Kier molecular flexibility index (Phi) is 4.85. The molecule has 0 aliphatic carbocycles. The van der Waals surface area contributed by atoms with Gasteiger partial charge in [-0.1, -0.05) is 11.6 Å². The van der Waals surface area contributed by atoms with Crippen molar-refractivity contribution in [3.63, 3.8) is 0 Å². The largest absolute Gasteiger partial charge is 0.495 e. The van der Waals surface area contributed by atoms with Crippen LogP contribution in [0.15, 0.2) is 36.7 Å². The van der Waals surface area contributed by atoms with Crippen molar-refractivity contribution in [1.29, 1.82) is 0 Å². The molecule has 1 aromatic carbocycles. The Hall–Kier alpha value is -2.34. The average Bonchev–Trinajstić information content (AvgIpc) is 3.03. The lowest BCUT2D eigenvalue weighted by molar-refractivity contribution is 0.0936. The van der Waals surface area contributed by atoms with E-state index in [1.165, 1.54) is 12.3 Å². The Balaban J connectivity index is 1.69. The Bertz CT molecular complexity index is 756. The van der Waals surface area contributed by atoms with E-state index in [0.717, 1.165) is 30.6 Å². The molecule has 0 saturated carbocycles. The standard InChI is InChI=1S/C17H17ClFN3O2/c1-24-16-3-2-11(18)8-15(16)22-7-5-12(10-22)21-17(23)13-4-6-20-9-14(13)19/h2-4,6,8-9,12H,5,7,10H2,1H3,(H,21,23)/t12-/m0/s1. The number of halogens is 2. The van der Waals surface area contributed by atoms with Crippen molar-refractivity contribution in [2.75, 3.05) is 25.1 Å². The molecule has 7 heteroatoms. The molecule has 24 heavy (non-hydrogen) atoms. The molecule has 1 aromatic heterocycles. The van der Waals surface area contributed by atoms with Gasteiger partial charge in [0.1, 0.15) is 5.75 Å². The van der Waals surface area contributed by atoms with E-state index in [1.807, 2.05) is 12.1 Å². The van der Waals surface area contributed by atoms with E-state index in [1.54, 1.807) is 13.2 Å². The molecule has 1 amide bonds. The number of carbonyl (C=O) groups excluding carboxylic acids is 1. The molecule has 0 spiro atoms. The summed E-state index contributed by atoms with van der Waals surface area (Å²) in [5.41, 5.74) is 0.889. The Morgan fingerprint density at radius 2 is 2.29 bits per heavy atom. The summed E-state index contributed by atoms with van der Waals surface area (Å²) in [6.45, 7) is 1.36. The van der Waals surface area contributed by atoms with Crippen molar-refractivity contribution in [2.45, 2.75) is 12.5 Å². The number of nitrogens with zero attached hydrogens (tertiary/aromatic N) is 2. The lowest BCUT2D eigenvalue weighted by atomic mass is 10.2. The molecule has 1 fully saturated rings. The molecule has 0 radical (unpaired) electrons. The van der Waals surface area contributed by atoms with E-state index in [9.17, 15) is 9.18 Å². The maximum absolute atomic E-state index is 13.6. The number of ether oxygens (including phenoxy) is 1. The van der Waals surface area contributed by atoms with E-state index < -0.39 is 11.7 Å². The quantitative estimate of drug-likeness (QED) is 0.922. The molecule has 3 rings (SSSR count). The second kappa shape index (κ2) is 7.05. The summed E-state index contributed by atoms with van der Waals surface area (Å²) >= 11 is 6.07. The monoisotopic (exact) mass is 349 g/mol. The molecule has 1 aliphatic rings. The van der Waals surface area contributed by atoms with Crippen molar-refractivity contribution in [3.05, 3.63) is 53.1 Å². The van der Waals surface area contributed by atoms with Gasteiger partial charge in [0.05, 0.1) is 24.6 Å². The minimum absolute atomic E-state index is 0.00351. The van der Waals surface area contributed by atoms with Gasteiger partial charge in [-0.05, 0) is 30.7 Å². The third-order valence-corrected chi connectivity index (χ3v) is 4.26. The third-order valence-electron chi connectivity index (χ3n) is 4.02. The molecule has 126 valence electrons. The van der Waals surface area contributed by atoms with Crippen LogP contribution < -0.4 is 15.0 Å². The summed E-state index contributed by atoms with van der Waals surface area (Å²) in [5.74, 6) is -0.326. The van der Waals surface area contributed by atoms with Gasteiger partial charge in [-0.2, -0.15) is 0 Å². The fourth-order valence-electron chi connectivity index (χ4n) is 2.83. The van der Waals surface area contributed by atoms with Gasteiger partial charge in [-0.15, -0.1) is 0 Å². The molecule has 5 nitrogen and oxygen atoms in total. The molecule has 2 heterocycles. The van der Waals surface area contributed by atoms with Crippen molar-refractivity contribution < 1.29 is 13.9 Å². The van der Waals surface area contributed by atoms with Crippen LogP contribution in [-0.4, -0.2) is 37.1 Å². The first kappa shape index (κ1) is 16.5. The summed E-state index contributed by atoms with van der Waals surface area (Å²) in [6.07, 6.45) is 3.19. The molecule has 2 aromatic rings. The van der Waals surface area contributed by atoms with Crippen molar-refractivity contribution >= 4 is 23.2 Å². The van der Waals surface area contributed by atoms with Gasteiger partial charge < -0.3 is 15.0 Å². The fraction of sp³-hybridized carbons (Fsp3) is 0.294. The maximum atomic E-state index is 13.6. The molecule has 0 bridgehead atoms. The first-order valence-electron chi connectivity index (χ1n) is 7.57. The normalized spacial score (nSPS) is 17.0. The van der Waals surface area contributed by atoms with Crippen LogP contribution in [0.4, 0.5) is 10.1 Å². The summed E-state index contributed by atoms with van der Waals surface area (Å²) in [5, 5.41) is 3.49. The maximum Gasteiger partial charge on any atom is 0.254 e. The minimum Gasteiger partial charge on any atom is -0.495 e. The summed E-state index contributed by atoms with van der Waals surface area (Å²) in [6, 6.07) is 6.72. The van der Waals surface area contributed by atoms with E-state index in [4.69, 9.17) is 16.3 Å². The van der Waals surface area contributed by atoms with Crippen molar-refractivity contribution in [2.24, 2.45) is 0 Å². The van der Waals surface area contributed by atoms with E-state index in [-0.39, 0.29) is 11.6 Å². The van der Waals surface area contributed by atoms with Crippen LogP contribution in [0.25, 0.3) is 0 Å². The zero-order valence-electron chi connectivity index (χ0n) is 13.1. The van der Waals surface area contributed by atoms with Crippen LogP contribution >= 0.6 is 11.6 Å². The first-order chi connectivity index (χ1) is 11.6. The number of methoxy groups -OCH3 is 1. The zero-order valence-corrected chi connectivity index (χ0v) is 13.9. The lowest BCUT2D eigenvalue weighted by Gasteiger charge is -2.21. The molecule has 1 N–H and O–H groups in total. The van der Waals surface area contributed by atoms with Crippen LogP contribution in [0.5, 0.6) is 5.75 Å². The summed E-state index contributed by atoms with van der Waals surface area (Å²) < 4.78 is 19.0. The smallest absolute Gasteiger partial charge is 0.254 e. The molecule has 1 atom stereocenters. The van der Waals surface area contributed by atoms with E-state index >= 15 is 0 Å². The number of hydrogen-bond donors (Lipinski definition) is 1. The topological polar surface area (TPSA) is 54.5 Å². The van der Waals surface area contributed by atoms with Gasteiger partial charge >= 0.3 is 0 Å². The van der Waals surface area contributed by atoms with Crippen LogP contribution in [0.1, 0.15) is 16.8 Å². The number of benzene rings is 1. The van der Waals surface area contributed by atoms with Gasteiger partial charge in [-0.3, -0.25) is 9.78 Å². The van der Waals surface area contributed by atoms with E-state index in [2.05, 4.69) is 15.2 Å². The van der Waals surface area contributed by atoms with Crippen LogP contribution in [0, 0.1) is 5.82 Å². The number of hydrogen-bond acceptors (Lipinski definition) is 4. The van der Waals surface area contributed by atoms with Crippen LogP contribution in [-0.2, 0) is 0 Å². The average molecular weight is 350 g/mol. The molecule has 0 unspecified atom stereocenters. The van der Waals surface area contributed by atoms with Gasteiger partial charge in [-0.25, -0.2) is 4.39 Å². The van der Waals surface area contributed by atoms with Gasteiger partial charge in [0, 0.05) is 30.4 Å². The molecular weight excluding hydrogens is 333 g/mol.